The average Bonchev–Trinajstić information content (AvgIpc) is 1.51. The molecule has 0 amide bonds. The van der Waals surface area contributed by atoms with E-state index in [-0.39, 0.29) is 24.5 Å². The highest BCUT2D eigenvalue weighted by Crippen LogP contribution is 2.57. The van der Waals surface area contributed by atoms with E-state index >= 15 is 0 Å². The van der Waals surface area contributed by atoms with Crippen molar-refractivity contribution in [3.05, 3.63) is 289 Å². The van der Waals surface area contributed by atoms with E-state index in [1.807, 2.05) is 0 Å². The van der Waals surface area contributed by atoms with Crippen LogP contribution in [0.25, 0.3) is 154 Å². The van der Waals surface area contributed by atoms with Gasteiger partial charge in [0.25, 0.3) is 0 Å². The van der Waals surface area contributed by atoms with Gasteiger partial charge in [-0.15, -0.1) is 0 Å². The minimum Gasteiger partial charge on any atom is -0.376 e. The molecule has 2 aliphatic carbocycles. The fourth-order valence-corrected chi connectivity index (χ4v) is 19.2. The van der Waals surface area contributed by atoms with Crippen LogP contribution >= 0.6 is 0 Å². The summed E-state index contributed by atoms with van der Waals surface area (Å²) in [5, 5.41) is 15.4. The van der Waals surface area contributed by atoms with Gasteiger partial charge in [-0.3, -0.25) is 0 Å². The lowest BCUT2D eigenvalue weighted by Crippen LogP contribution is -2.53. The van der Waals surface area contributed by atoms with Crippen LogP contribution in [0, 0.1) is 0 Å². The highest BCUT2D eigenvalue weighted by atomic mass is 15.0. The van der Waals surface area contributed by atoms with Crippen molar-refractivity contribution in [3.63, 3.8) is 0 Å². The molecule has 0 atom stereocenters. The molecule has 0 N–H and O–H groups in total. The SMILES string of the molecule is CC1(C)c2ccccc2-c2ccc3c4ccccc4n(B4c5ccccc5-n5c6ccc(-c7cc8c(c9c7c7ccccc7n9B7c9ccccc9-n9c%10ccc%11ccccc%11c%10c%10cccc7c%109)C(C)(C)c7ccccc7-8)cc6c6c7ccccc7cc4c65)c3c21. The first-order valence-electron chi connectivity index (χ1n) is 32.7. The van der Waals surface area contributed by atoms with Gasteiger partial charge in [-0.2, -0.15) is 0 Å². The van der Waals surface area contributed by atoms with Crippen molar-refractivity contribution >= 4 is 144 Å². The van der Waals surface area contributed by atoms with Crippen molar-refractivity contribution in [1.29, 1.82) is 0 Å². The Kier molecular flexibility index (Phi) is 9.22. The van der Waals surface area contributed by atoms with Crippen LogP contribution in [0.2, 0.25) is 0 Å². The third-order valence-corrected chi connectivity index (χ3v) is 22.7. The summed E-state index contributed by atoms with van der Waals surface area (Å²) in [6.45, 7) is 9.56. The molecule has 18 aromatic rings. The maximum Gasteiger partial charge on any atom is 0.332 e. The second-order valence-electron chi connectivity index (χ2n) is 27.7. The molecular formula is C86H56B2N4. The summed E-state index contributed by atoms with van der Waals surface area (Å²) in [5.74, 6) is 0. The number of nitrogens with zero attached hydrogens (tertiary/aromatic N) is 4. The van der Waals surface area contributed by atoms with E-state index in [4.69, 9.17) is 0 Å². The highest BCUT2D eigenvalue weighted by molar-refractivity contribution is 6.89. The lowest BCUT2D eigenvalue weighted by atomic mass is 9.48. The predicted molar refractivity (Wildman–Crippen MR) is 390 cm³/mol. The first-order chi connectivity index (χ1) is 45.2. The van der Waals surface area contributed by atoms with Gasteiger partial charge < -0.3 is 18.1 Å². The minimum atomic E-state index is -0.315. The molecule has 4 aliphatic rings. The van der Waals surface area contributed by atoms with Crippen LogP contribution < -0.4 is 21.9 Å². The zero-order valence-corrected chi connectivity index (χ0v) is 51.3. The summed E-state index contributed by atoms with van der Waals surface area (Å²) in [6.07, 6.45) is 0. The van der Waals surface area contributed by atoms with Gasteiger partial charge in [0.1, 0.15) is 0 Å². The van der Waals surface area contributed by atoms with Crippen molar-refractivity contribution in [3.8, 4) is 44.8 Å². The maximum atomic E-state index is 2.79. The van der Waals surface area contributed by atoms with E-state index in [0.29, 0.717) is 0 Å². The average molecular weight is 1170 g/mol. The Balaban J connectivity index is 0.853. The largest absolute Gasteiger partial charge is 0.376 e. The molecule has 426 valence electrons. The standard InChI is InChI=1S/C86H56B2N4/c1-85(2)64-31-13-9-26-54(64)57-42-43-58-56-28-11-17-36-71(56)91(82(58)79(57)85)88-67-34-16-19-38-73(67)89-70-44-41-51(46-63(70)77-53-25-8-6-23-50(53)47-69(88)83(77)89)61-48-62-55-27-10-14-32-65(55)86(3,4)80(62)84-78(61)59-29-12-18-37-72(59)92(84)87-66-33-15-20-39-74(66)90-75-45-40-49-22-5-7-24-52(49)76(75)60-30-21-35-68(87)81(60)90/h5-48H,1-4H3. The van der Waals surface area contributed by atoms with Crippen LogP contribution in [0.15, 0.2) is 267 Å². The molecule has 2 aliphatic heterocycles. The van der Waals surface area contributed by atoms with Gasteiger partial charge >= 0.3 is 13.7 Å². The van der Waals surface area contributed by atoms with Crippen molar-refractivity contribution < 1.29 is 0 Å². The lowest BCUT2D eigenvalue weighted by molar-refractivity contribution is 0.664. The second-order valence-corrected chi connectivity index (χ2v) is 27.7. The van der Waals surface area contributed by atoms with Crippen LogP contribution in [-0.4, -0.2) is 31.8 Å². The van der Waals surface area contributed by atoms with Crippen LogP contribution in [0.4, 0.5) is 0 Å². The van der Waals surface area contributed by atoms with Crippen molar-refractivity contribution in [1.82, 2.24) is 18.1 Å². The number of para-hydroxylation sites is 5. The van der Waals surface area contributed by atoms with Gasteiger partial charge in [0.15, 0.2) is 0 Å². The fourth-order valence-electron chi connectivity index (χ4n) is 19.2. The molecule has 6 heteroatoms. The zero-order valence-electron chi connectivity index (χ0n) is 51.3. The zero-order chi connectivity index (χ0) is 60.4. The highest BCUT2D eigenvalue weighted by Gasteiger charge is 2.45. The molecule has 0 spiro atoms. The predicted octanol–water partition coefficient (Wildman–Crippen LogP) is 18.6. The van der Waals surface area contributed by atoms with Gasteiger partial charge in [-0.25, -0.2) is 0 Å². The number of benzene rings is 14. The number of hydrogen-bond acceptors (Lipinski definition) is 0. The van der Waals surface area contributed by atoms with Gasteiger partial charge in [0.05, 0.1) is 22.1 Å². The molecule has 0 bridgehead atoms. The molecule has 0 saturated carbocycles. The van der Waals surface area contributed by atoms with Gasteiger partial charge in [0, 0.05) is 87.4 Å². The molecule has 4 nitrogen and oxygen atoms in total. The van der Waals surface area contributed by atoms with E-state index < -0.39 is 0 Å². The lowest BCUT2D eigenvalue weighted by Gasteiger charge is -2.30. The fraction of sp³-hybridized carbons (Fsp3) is 0.0698. The van der Waals surface area contributed by atoms with E-state index in [1.54, 1.807) is 0 Å². The van der Waals surface area contributed by atoms with E-state index in [9.17, 15) is 0 Å². The topological polar surface area (TPSA) is 19.7 Å². The Morgan fingerprint density at radius 1 is 0.272 bits per heavy atom. The Morgan fingerprint density at radius 3 is 1.57 bits per heavy atom. The Bertz CT molecular complexity index is 6480. The van der Waals surface area contributed by atoms with Crippen molar-refractivity contribution in [2.24, 2.45) is 0 Å². The molecule has 0 unspecified atom stereocenters. The van der Waals surface area contributed by atoms with Gasteiger partial charge in [-0.05, 0) is 148 Å². The summed E-state index contributed by atoms with van der Waals surface area (Å²) in [6, 6.07) is 103. The summed E-state index contributed by atoms with van der Waals surface area (Å²) in [5.41, 5.74) is 30.6. The third-order valence-electron chi connectivity index (χ3n) is 22.7. The third kappa shape index (κ3) is 5.86. The van der Waals surface area contributed by atoms with Gasteiger partial charge in [-0.1, -0.05) is 246 Å². The first-order valence-corrected chi connectivity index (χ1v) is 32.7. The Morgan fingerprint density at radius 2 is 0.815 bits per heavy atom. The van der Waals surface area contributed by atoms with Crippen molar-refractivity contribution in [2.75, 3.05) is 0 Å². The second kappa shape index (κ2) is 17.0. The molecule has 4 aromatic heterocycles. The summed E-state index contributed by atoms with van der Waals surface area (Å²) in [4.78, 5) is 0. The van der Waals surface area contributed by atoms with Crippen LogP contribution in [-0.2, 0) is 10.8 Å². The van der Waals surface area contributed by atoms with Crippen LogP contribution in [0.5, 0.6) is 0 Å². The first kappa shape index (κ1) is 49.8. The quantitative estimate of drug-likeness (QED) is 0.157. The van der Waals surface area contributed by atoms with Crippen molar-refractivity contribution in [2.45, 2.75) is 38.5 Å². The minimum absolute atomic E-state index is 0.134. The Labute approximate surface area is 531 Å². The monoisotopic (exact) mass is 1170 g/mol. The van der Waals surface area contributed by atoms with E-state index in [0.717, 1.165) is 0 Å². The molecule has 92 heavy (non-hydrogen) atoms. The van der Waals surface area contributed by atoms with Crippen LogP contribution in [0.1, 0.15) is 49.9 Å². The number of aromatic nitrogens is 4. The molecular weight excluding hydrogens is 1110 g/mol. The molecule has 0 radical (unpaired) electrons. The number of hydrogen-bond donors (Lipinski definition) is 0. The van der Waals surface area contributed by atoms with Gasteiger partial charge in [0.2, 0.25) is 0 Å². The van der Waals surface area contributed by atoms with E-state index in [1.165, 1.54) is 198 Å². The molecule has 0 saturated heterocycles. The maximum absolute atomic E-state index is 2.79. The summed E-state index contributed by atoms with van der Waals surface area (Å²) in [7, 11) is 0. The Hall–Kier alpha value is -11.1. The molecule has 22 rings (SSSR count). The molecule has 0 fully saturated rings. The normalized spacial score (nSPS) is 14.7. The number of fused-ring (bicyclic) bond motifs is 28. The molecule has 6 heterocycles. The molecule has 14 aromatic carbocycles. The van der Waals surface area contributed by atoms with E-state index in [2.05, 4.69) is 313 Å². The number of rotatable bonds is 3. The summed E-state index contributed by atoms with van der Waals surface area (Å²) >= 11 is 0. The van der Waals surface area contributed by atoms with Crippen LogP contribution in [0.3, 0.4) is 0 Å². The summed E-state index contributed by atoms with van der Waals surface area (Å²) < 4.78 is 10.8. The smallest absolute Gasteiger partial charge is 0.332 e.